The smallest absolute Gasteiger partial charge is 0.0722 e. The van der Waals surface area contributed by atoms with Crippen LogP contribution in [0.1, 0.15) is 52.6 Å². The number of nitrogens with zero attached hydrogens (tertiary/aromatic N) is 9. The van der Waals surface area contributed by atoms with Gasteiger partial charge in [-0.15, -0.1) is 0 Å². The van der Waals surface area contributed by atoms with Gasteiger partial charge in [-0.05, 0) is 90.0 Å². The number of ether oxygens (including phenoxy) is 3. The molecule has 33 heavy (non-hydrogen) atoms. The molecule has 0 aliphatic heterocycles. The molecule has 0 fully saturated rings. The molecule has 0 aromatic heterocycles. The van der Waals surface area contributed by atoms with Crippen molar-refractivity contribution >= 4 is 0 Å². The van der Waals surface area contributed by atoms with E-state index >= 15 is 0 Å². The van der Waals surface area contributed by atoms with Crippen molar-refractivity contribution in [2.45, 2.75) is 59.9 Å². The molecule has 1 aromatic carbocycles. The molecule has 0 bridgehead atoms. The lowest BCUT2D eigenvalue weighted by atomic mass is 9.89. The third kappa shape index (κ3) is 10.5. The van der Waals surface area contributed by atoms with E-state index in [4.69, 9.17) is 30.8 Å². The van der Waals surface area contributed by atoms with E-state index in [1.54, 1.807) is 0 Å². The number of hydrogen-bond acceptors (Lipinski definition) is 6. The van der Waals surface area contributed by atoms with Gasteiger partial charge in [0.15, 0.2) is 0 Å². The first kappa shape index (κ1) is 28.1. The first-order valence-electron chi connectivity index (χ1n) is 10.9. The summed E-state index contributed by atoms with van der Waals surface area (Å²) in [5, 5.41) is 10.6. The predicted octanol–water partition coefficient (Wildman–Crippen LogP) is 6.26. The van der Waals surface area contributed by atoms with Crippen LogP contribution in [0.2, 0.25) is 0 Å². The van der Waals surface area contributed by atoms with Gasteiger partial charge in [0, 0.05) is 54.2 Å². The Morgan fingerprint density at radius 3 is 1.06 bits per heavy atom. The van der Waals surface area contributed by atoms with Gasteiger partial charge in [-0.2, -0.15) is 0 Å². The summed E-state index contributed by atoms with van der Waals surface area (Å²) in [6, 6.07) is 0. The van der Waals surface area contributed by atoms with Crippen LogP contribution in [0.5, 0.6) is 0 Å². The van der Waals surface area contributed by atoms with Crippen molar-refractivity contribution in [1.82, 2.24) is 0 Å². The lowest BCUT2D eigenvalue weighted by Crippen LogP contribution is -2.12. The maximum absolute atomic E-state index is 8.38. The average Bonchev–Trinajstić information content (AvgIpc) is 2.81. The third-order valence-electron chi connectivity index (χ3n) is 5.29. The van der Waals surface area contributed by atoms with Crippen molar-refractivity contribution in [2.24, 2.45) is 15.3 Å². The van der Waals surface area contributed by atoms with Crippen LogP contribution in [0.4, 0.5) is 0 Å². The minimum absolute atomic E-state index is 0.409. The van der Waals surface area contributed by atoms with E-state index in [0.29, 0.717) is 78.5 Å². The summed E-state index contributed by atoms with van der Waals surface area (Å²) in [6.07, 6.45) is 1.99. The van der Waals surface area contributed by atoms with E-state index in [1.807, 2.05) is 0 Å². The second kappa shape index (κ2) is 17.6. The molecule has 0 aliphatic carbocycles. The van der Waals surface area contributed by atoms with E-state index < -0.39 is 0 Å². The second-order valence-electron chi connectivity index (χ2n) is 7.39. The van der Waals surface area contributed by atoms with Crippen molar-refractivity contribution in [3.8, 4) is 0 Å². The Hall–Kier alpha value is -2.97. The topological polar surface area (TPSA) is 174 Å². The van der Waals surface area contributed by atoms with Crippen LogP contribution in [-0.4, -0.2) is 39.5 Å². The van der Waals surface area contributed by atoms with Crippen LogP contribution < -0.4 is 0 Å². The normalized spacial score (nSPS) is 10.3. The molecule has 0 amide bonds. The molecule has 180 valence electrons. The van der Waals surface area contributed by atoms with Crippen LogP contribution in [0, 0.1) is 20.8 Å². The highest BCUT2D eigenvalue weighted by Gasteiger charge is 2.17. The summed E-state index contributed by atoms with van der Waals surface area (Å²) < 4.78 is 17.6. The molecule has 0 saturated heterocycles. The van der Waals surface area contributed by atoms with E-state index in [-0.39, 0.29) is 0 Å². The summed E-state index contributed by atoms with van der Waals surface area (Å²) in [4.78, 5) is 8.25. The summed E-state index contributed by atoms with van der Waals surface area (Å²) >= 11 is 0. The molecular weight excluding hydrogens is 426 g/mol. The molecule has 0 saturated carbocycles. The van der Waals surface area contributed by atoms with Crippen LogP contribution in [0.3, 0.4) is 0 Å². The van der Waals surface area contributed by atoms with Gasteiger partial charge in [0.25, 0.3) is 0 Å². The van der Waals surface area contributed by atoms with Gasteiger partial charge >= 0.3 is 0 Å². The Balaban J connectivity index is 2.94. The molecule has 12 nitrogen and oxygen atoms in total. The first-order chi connectivity index (χ1) is 16.1. The molecule has 0 aliphatic rings. The van der Waals surface area contributed by atoms with Gasteiger partial charge in [0.05, 0.1) is 19.8 Å². The summed E-state index contributed by atoms with van der Waals surface area (Å²) in [5.74, 6) is 0. The minimum Gasteiger partial charge on any atom is -0.377 e. The number of hydrogen-bond donors (Lipinski definition) is 0. The fourth-order valence-corrected chi connectivity index (χ4v) is 3.41. The average molecular weight is 460 g/mol. The van der Waals surface area contributed by atoms with Gasteiger partial charge in [0.1, 0.15) is 0 Å². The monoisotopic (exact) mass is 459 g/mol. The van der Waals surface area contributed by atoms with Gasteiger partial charge in [-0.25, -0.2) is 0 Å². The Morgan fingerprint density at radius 1 is 0.545 bits per heavy atom. The molecule has 0 unspecified atom stereocenters. The SMILES string of the molecule is Cc1c(COCCCN=[N+]=[N-])c(C)c(COCCCN=[N+]=[N-])c(C)c1COCCCN=[N+]=[N-]. The molecule has 0 spiro atoms. The van der Waals surface area contributed by atoms with Gasteiger partial charge < -0.3 is 14.2 Å². The molecule has 0 heterocycles. The molecule has 12 heteroatoms. The lowest BCUT2D eigenvalue weighted by molar-refractivity contribution is 0.110. The van der Waals surface area contributed by atoms with Gasteiger partial charge in [-0.1, -0.05) is 15.3 Å². The molecular formula is C21H33N9O3. The number of rotatable bonds is 18. The molecule has 0 atom stereocenters. The summed E-state index contributed by atoms with van der Waals surface area (Å²) in [7, 11) is 0. The first-order valence-corrected chi connectivity index (χ1v) is 10.9. The quantitative estimate of drug-likeness (QED) is 0.109. The van der Waals surface area contributed by atoms with Crippen molar-refractivity contribution < 1.29 is 14.2 Å². The Morgan fingerprint density at radius 2 is 0.818 bits per heavy atom. The van der Waals surface area contributed by atoms with E-state index in [9.17, 15) is 0 Å². The summed E-state index contributed by atoms with van der Waals surface area (Å²) in [6.45, 7) is 10.3. The summed E-state index contributed by atoms with van der Waals surface area (Å²) in [5.41, 5.74) is 31.8. The van der Waals surface area contributed by atoms with Crippen LogP contribution in [-0.2, 0) is 34.0 Å². The lowest BCUT2D eigenvalue weighted by Gasteiger charge is -2.22. The fourth-order valence-electron chi connectivity index (χ4n) is 3.41. The van der Waals surface area contributed by atoms with Crippen molar-refractivity contribution in [3.05, 3.63) is 64.7 Å². The molecule has 1 rings (SSSR count). The zero-order chi connectivity index (χ0) is 24.3. The number of azide groups is 3. The third-order valence-corrected chi connectivity index (χ3v) is 5.29. The zero-order valence-corrected chi connectivity index (χ0v) is 19.7. The zero-order valence-electron chi connectivity index (χ0n) is 19.7. The van der Waals surface area contributed by atoms with Crippen LogP contribution in [0.25, 0.3) is 31.3 Å². The van der Waals surface area contributed by atoms with Crippen LogP contribution >= 0.6 is 0 Å². The van der Waals surface area contributed by atoms with E-state index in [2.05, 4.69) is 50.8 Å². The molecule has 0 radical (unpaired) electrons. The highest BCUT2D eigenvalue weighted by molar-refractivity contribution is 5.50. The highest BCUT2D eigenvalue weighted by atomic mass is 16.5. The molecule has 0 N–H and O–H groups in total. The standard InChI is InChI=1S/C21H33N9O3/c1-16-19(13-31-10-4-7-25-28-22)17(2)21(15-33-12-6-9-27-30-24)18(3)20(16)14-32-11-5-8-26-29-23/h4-15H2,1-3H3. The highest BCUT2D eigenvalue weighted by Crippen LogP contribution is 2.29. The Labute approximate surface area is 194 Å². The predicted molar refractivity (Wildman–Crippen MR) is 126 cm³/mol. The van der Waals surface area contributed by atoms with Gasteiger partial charge in [0.2, 0.25) is 0 Å². The maximum Gasteiger partial charge on any atom is 0.0722 e. The second-order valence-corrected chi connectivity index (χ2v) is 7.39. The Bertz CT molecular complexity index is 752. The van der Waals surface area contributed by atoms with Gasteiger partial charge in [-0.3, -0.25) is 0 Å². The van der Waals surface area contributed by atoms with Crippen molar-refractivity contribution in [1.29, 1.82) is 0 Å². The van der Waals surface area contributed by atoms with Crippen molar-refractivity contribution in [3.63, 3.8) is 0 Å². The fraction of sp³-hybridized carbons (Fsp3) is 0.714. The van der Waals surface area contributed by atoms with E-state index in [1.165, 1.54) is 0 Å². The van der Waals surface area contributed by atoms with E-state index in [0.717, 1.165) is 33.4 Å². The largest absolute Gasteiger partial charge is 0.377 e. The Kier molecular flexibility index (Phi) is 14.9. The minimum atomic E-state index is 0.409. The molecule has 1 aromatic rings. The maximum atomic E-state index is 8.38. The van der Waals surface area contributed by atoms with Crippen molar-refractivity contribution in [2.75, 3.05) is 39.5 Å². The number of benzene rings is 1. The van der Waals surface area contributed by atoms with Crippen LogP contribution in [0.15, 0.2) is 15.3 Å².